The zero-order valence-electron chi connectivity index (χ0n) is 8.24. The minimum Gasteiger partial charge on any atom is -0.171 e. The molecule has 0 aliphatic rings. The smallest absolute Gasteiger partial charge is 0.171 e. The molecule has 2 radical (unpaired) electrons. The second-order valence-corrected chi connectivity index (χ2v) is 4.93. The van der Waals surface area contributed by atoms with E-state index in [0.717, 1.165) is 0 Å². The zero-order valence-corrected chi connectivity index (χ0v) is 10.00. The lowest BCUT2D eigenvalue weighted by atomic mass is 10.1. The summed E-state index contributed by atoms with van der Waals surface area (Å²) in [4.78, 5) is 0. The highest BCUT2D eigenvalue weighted by atomic mass is 35.6. The molecule has 0 unspecified atom stereocenters. The molecule has 12 heavy (non-hydrogen) atoms. The van der Waals surface area contributed by atoms with Gasteiger partial charge in [0.25, 0.3) is 0 Å². The Hall–Kier alpha value is 0.507. The molecular weight excluding hydrogens is 184 g/mol. The summed E-state index contributed by atoms with van der Waals surface area (Å²) in [5.74, 6) is 0. The average Bonchev–Trinajstić information content (AvgIpc) is 2.10. The first kappa shape index (κ1) is 12.5. The summed E-state index contributed by atoms with van der Waals surface area (Å²) in [5, 5.41) is 0. The van der Waals surface area contributed by atoms with E-state index in [9.17, 15) is 0 Å². The van der Waals surface area contributed by atoms with Crippen LogP contribution in [-0.2, 0) is 0 Å². The van der Waals surface area contributed by atoms with Crippen LogP contribution in [0.1, 0.15) is 58.3 Å². The average molecular weight is 205 g/mol. The fourth-order valence-corrected chi connectivity index (χ4v) is 2.11. The van der Waals surface area contributed by atoms with E-state index in [1.54, 1.807) is 0 Å². The van der Waals surface area contributed by atoms with Crippen LogP contribution in [0.15, 0.2) is 0 Å². The third kappa shape index (κ3) is 10.5. The maximum atomic E-state index is 5.61. The molecule has 0 rings (SSSR count). The van der Waals surface area contributed by atoms with Gasteiger partial charge in [0.2, 0.25) is 0 Å². The summed E-state index contributed by atoms with van der Waals surface area (Å²) >= 11 is 5.61. The minimum absolute atomic E-state index is 0.642. The van der Waals surface area contributed by atoms with Gasteiger partial charge in [-0.3, -0.25) is 0 Å². The summed E-state index contributed by atoms with van der Waals surface area (Å²) in [5.41, 5.74) is 0. The number of rotatable bonds is 9. The third-order valence-corrected chi connectivity index (χ3v) is 3.23. The Morgan fingerprint density at radius 1 is 0.833 bits per heavy atom. The van der Waals surface area contributed by atoms with Crippen molar-refractivity contribution in [3.63, 3.8) is 0 Å². The van der Waals surface area contributed by atoms with E-state index in [2.05, 4.69) is 6.92 Å². The standard InChI is InChI=1S/C10H21ClSi/c1-2-3-4-5-6-7-8-9-10-12-11/h2-10H2,1H3. The molecule has 0 nitrogen and oxygen atoms in total. The van der Waals surface area contributed by atoms with E-state index < -0.39 is 0 Å². The zero-order chi connectivity index (χ0) is 9.07. The molecule has 0 spiro atoms. The van der Waals surface area contributed by atoms with Crippen LogP contribution in [0.3, 0.4) is 0 Å². The minimum atomic E-state index is 0.642. The van der Waals surface area contributed by atoms with Gasteiger partial charge in [-0.2, -0.15) is 11.1 Å². The Morgan fingerprint density at radius 2 is 1.33 bits per heavy atom. The number of unbranched alkanes of at least 4 members (excludes halogenated alkanes) is 7. The van der Waals surface area contributed by atoms with Gasteiger partial charge < -0.3 is 0 Å². The van der Waals surface area contributed by atoms with E-state index in [1.807, 2.05) is 0 Å². The molecule has 0 bridgehead atoms. The van der Waals surface area contributed by atoms with Crippen molar-refractivity contribution in [3.05, 3.63) is 0 Å². The van der Waals surface area contributed by atoms with Crippen LogP contribution in [0.2, 0.25) is 6.04 Å². The Labute approximate surface area is 84.6 Å². The highest BCUT2D eigenvalue weighted by molar-refractivity contribution is 6.93. The molecule has 0 fully saturated rings. The predicted molar refractivity (Wildman–Crippen MR) is 59.0 cm³/mol. The first-order chi connectivity index (χ1) is 5.91. The predicted octanol–water partition coefficient (Wildman–Crippen LogP) is 4.40. The van der Waals surface area contributed by atoms with Crippen LogP contribution < -0.4 is 0 Å². The van der Waals surface area contributed by atoms with Crippen LogP contribution in [-0.4, -0.2) is 8.83 Å². The van der Waals surface area contributed by atoms with Gasteiger partial charge in [-0.05, 0) is 6.04 Å². The summed E-state index contributed by atoms with van der Waals surface area (Å²) in [6.07, 6.45) is 11.2. The second kappa shape index (κ2) is 11.5. The molecule has 0 saturated heterocycles. The first-order valence-electron chi connectivity index (χ1n) is 5.25. The fourth-order valence-electron chi connectivity index (χ4n) is 1.33. The van der Waals surface area contributed by atoms with Crippen molar-refractivity contribution < 1.29 is 0 Å². The summed E-state index contributed by atoms with van der Waals surface area (Å²) in [7, 11) is 0.642. The SMILES string of the molecule is CCCCCCCCCC[Si]Cl. The quantitative estimate of drug-likeness (QED) is 0.297. The van der Waals surface area contributed by atoms with E-state index in [-0.39, 0.29) is 0 Å². The van der Waals surface area contributed by atoms with E-state index in [4.69, 9.17) is 11.1 Å². The van der Waals surface area contributed by atoms with E-state index in [1.165, 1.54) is 57.4 Å². The summed E-state index contributed by atoms with van der Waals surface area (Å²) < 4.78 is 0. The van der Waals surface area contributed by atoms with Crippen molar-refractivity contribution in [3.8, 4) is 0 Å². The summed E-state index contributed by atoms with van der Waals surface area (Å²) in [6.45, 7) is 2.27. The second-order valence-electron chi connectivity index (χ2n) is 3.36. The Kier molecular flexibility index (Phi) is 12.0. The van der Waals surface area contributed by atoms with Crippen LogP contribution in [0.25, 0.3) is 0 Å². The van der Waals surface area contributed by atoms with Crippen LogP contribution in [0.5, 0.6) is 0 Å². The maximum absolute atomic E-state index is 5.61. The van der Waals surface area contributed by atoms with Gasteiger partial charge >= 0.3 is 0 Å². The first-order valence-corrected chi connectivity index (χ1v) is 7.47. The van der Waals surface area contributed by atoms with Gasteiger partial charge in [0, 0.05) is 0 Å². The highest BCUT2D eigenvalue weighted by Gasteiger charge is 1.91. The van der Waals surface area contributed by atoms with Crippen molar-refractivity contribution in [1.29, 1.82) is 0 Å². The van der Waals surface area contributed by atoms with Crippen molar-refractivity contribution in [2.24, 2.45) is 0 Å². The molecule has 0 aromatic carbocycles. The summed E-state index contributed by atoms with van der Waals surface area (Å²) in [6, 6.07) is 1.23. The van der Waals surface area contributed by atoms with Crippen molar-refractivity contribution >= 4 is 19.9 Å². The van der Waals surface area contributed by atoms with Gasteiger partial charge in [0.1, 0.15) is 0 Å². The van der Waals surface area contributed by atoms with Crippen molar-refractivity contribution in [2.75, 3.05) is 0 Å². The normalized spacial score (nSPS) is 10.5. The molecule has 0 aliphatic carbocycles. The topological polar surface area (TPSA) is 0 Å². The number of hydrogen-bond acceptors (Lipinski definition) is 0. The lowest BCUT2D eigenvalue weighted by Gasteiger charge is -1.99. The Morgan fingerprint density at radius 3 is 1.83 bits per heavy atom. The molecule has 0 saturated carbocycles. The van der Waals surface area contributed by atoms with Gasteiger partial charge in [0.15, 0.2) is 8.83 Å². The monoisotopic (exact) mass is 204 g/mol. The number of halogens is 1. The van der Waals surface area contributed by atoms with E-state index in [0.29, 0.717) is 8.83 Å². The lowest BCUT2D eigenvalue weighted by Crippen LogP contribution is -1.82. The molecule has 0 atom stereocenters. The third-order valence-electron chi connectivity index (χ3n) is 2.12. The highest BCUT2D eigenvalue weighted by Crippen LogP contribution is 2.09. The van der Waals surface area contributed by atoms with Gasteiger partial charge in [-0.15, -0.1) is 0 Å². The van der Waals surface area contributed by atoms with Crippen LogP contribution >= 0.6 is 11.1 Å². The van der Waals surface area contributed by atoms with Crippen molar-refractivity contribution in [1.82, 2.24) is 0 Å². The van der Waals surface area contributed by atoms with Crippen LogP contribution in [0.4, 0.5) is 0 Å². The molecule has 0 aliphatic heterocycles. The van der Waals surface area contributed by atoms with Gasteiger partial charge in [-0.25, -0.2) is 0 Å². The molecule has 0 aromatic heterocycles. The molecule has 0 amide bonds. The molecule has 0 heterocycles. The van der Waals surface area contributed by atoms with Crippen LogP contribution in [0, 0.1) is 0 Å². The fraction of sp³-hybridized carbons (Fsp3) is 1.00. The lowest BCUT2D eigenvalue weighted by molar-refractivity contribution is 0.585. The molecular formula is C10H21ClSi. The molecule has 2 heteroatoms. The van der Waals surface area contributed by atoms with Crippen molar-refractivity contribution in [2.45, 2.75) is 64.3 Å². The number of hydrogen-bond donors (Lipinski definition) is 0. The Balaban J connectivity index is 2.73. The molecule has 0 N–H and O–H groups in total. The molecule has 72 valence electrons. The Bertz CT molecular complexity index is 66.2. The maximum Gasteiger partial charge on any atom is 0.171 e. The van der Waals surface area contributed by atoms with Gasteiger partial charge in [-0.1, -0.05) is 58.3 Å². The largest absolute Gasteiger partial charge is 0.171 e. The van der Waals surface area contributed by atoms with E-state index >= 15 is 0 Å². The molecule has 0 aromatic rings. The van der Waals surface area contributed by atoms with Gasteiger partial charge in [0.05, 0.1) is 0 Å².